The van der Waals surface area contributed by atoms with Gasteiger partial charge in [-0.3, -0.25) is 4.79 Å². The molecule has 0 amide bonds. The molecule has 1 saturated carbocycles. The van der Waals surface area contributed by atoms with Gasteiger partial charge in [-0.15, -0.1) is 0 Å². The fourth-order valence-electron chi connectivity index (χ4n) is 3.02. The molecule has 1 aliphatic carbocycles. The highest BCUT2D eigenvalue weighted by Crippen LogP contribution is 2.27. The predicted molar refractivity (Wildman–Crippen MR) is 85.3 cm³/mol. The fourth-order valence-corrected chi connectivity index (χ4v) is 3.02. The van der Waals surface area contributed by atoms with Crippen molar-refractivity contribution in [1.82, 2.24) is 9.78 Å². The van der Waals surface area contributed by atoms with Crippen molar-refractivity contribution in [3.05, 3.63) is 42.2 Å². The van der Waals surface area contributed by atoms with Crippen LogP contribution in [0.4, 0.5) is 5.69 Å². The maximum atomic E-state index is 11.0. The number of para-hydroxylation sites is 1. The van der Waals surface area contributed by atoms with Gasteiger partial charge in [0, 0.05) is 6.04 Å². The van der Waals surface area contributed by atoms with Gasteiger partial charge in [0.2, 0.25) is 0 Å². The number of hydrogen-bond acceptors (Lipinski definition) is 3. The Bertz CT molecular complexity index is 643. The van der Waals surface area contributed by atoms with E-state index in [9.17, 15) is 4.79 Å². The van der Waals surface area contributed by atoms with Crippen LogP contribution in [0.15, 0.2) is 36.5 Å². The van der Waals surface area contributed by atoms with Crippen LogP contribution in [0.25, 0.3) is 5.69 Å². The normalized spacial score (nSPS) is 21.5. The molecule has 1 aromatic heterocycles. The lowest BCUT2D eigenvalue weighted by molar-refractivity contribution is -0.142. The van der Waals surface area contributed by atoms with Crippen molar-refractivity contribution in [3.63, 3.8) is 0 Å². The molecule has 3 rings (SSSR count). The fraction of sp³-hybridized carbons (Fsp3) is 0.412. The summed E-state index contributed by atoms with van der Waals surface area (Å²) in [5.41, 5.74) is 3.03. The van der Waals surface area contributed by atoms with Gasteiger partial charge < -0.3 is 10.4 Å². The number of hydrogen-bond donors (Lipinski definition) is 2. The Kier molecular flexibility index (Phi) is 4.13. The minimum absolute atomic E-state index is 0.175. The molecule has 0 saturated heterocycles. The molecule has 0 radical (unpaired) electrons. The lowest BCUT2D eigenvalue weighted by atomic mass is 9.86. The number of rotatable bonds is 4. The summed E-state index contributed by atoms with van der Waals surface area (Å²) in [6.45, 7) is 1.99. The average molecular weight is 299 g/mol. The van der Waals surface area contributed by atoms with Gasteiger partial charge in [-0.25, -0.2) is 4.68 Å². The molecule has 2 N–H and O–H groups in total. The largest absolute Gasteiger partial charge is 0.481 e. The van der Waals surface area contributed by atoms with E-state index in [0.717, 1.165) is 42.8 Å². The standard InChI is InChI=1S/C17H21N3O2/c1-12-16(11-20(19-12)15-5-3-2-4-6-15)18-14-9-7-13(8-10-14)17(21)22/h2-6,11,13-14,18H,7-10H2,1H3,(H,21,22). The number of benzene rings is 1. The molecule has 0 bridgehead atoms. The van der Waals surface area contributed by atoms with Crippen LogP contribution in [0, 0.1) is 12.8 Å². The Morgan fingerprint density at radius 1 is 1.23 bits per heavy atom. The second kappa shape index (κ2) is 6.22. The molecule has 5 nitrogen and oxygen atoms in total. The van der Waals surface area contributed by atoms with Crippen molar-refractivity contribution >= 4 is 11.7 Å². The summed E-state index contributed by atoms with van der Waals surface area (Å²) in [5, 5.41) is 17.1. The van der Waals surface area contributed by atoms with E-state index < -0.39 is 5.97 Å². The highest BCUT2D eigenvalue weighted by molar-refractivity contribution is 5.70. The highest BCUT2D eigenvalue weighted by atomic mass is 16.4. The summed E-state index contributed by atoms with van der Waals surface area (Å²) < 4.78 is 1.88. The lowest BCUT2D eigenvalue weighted by Gasteiger charge is -2.27. The average Bonchev–Trinajstić information content (AvgIpc) is 2.90. The molecule has 0 spiro atoms. The topological polar surface area (TPSA) is 67.2 Å². The molecule has 0 atom stereocenters. The van der Waals surface area contributed by atoms with E-state index in [1.807, 2.05) is 48.1 Å². The monoisotopic (exact) mass is 299 g/mol. The van der Waals surface area contributed by atoms with Gasteiger partial charge in [-0.05, 0) is 44.7 Å². The van der Waals surface area contributed by atoms with Gasteiger partial charge >= 0.3 is 5.97 Å². The first-order valence-electron chi connectivity index (χ1n) is 7.74. The van der Waals surface area contributed by atoms with Gasteiger partial charge in [-0.1, -0.05) is 18.2 Å². The number of carboxylic acids is 1. The first kappa shape index (κ1) is 14.6. The van der Waals surface area contributed by atoms with Crippen LogP contribution in [-0.4, -0.2) is 26.9 Å². The van der Waals surface area contributed by atoms with Gasteiger partial charge in [0.25, 0.3) is 0 Å². The van der Waals surface area contributed by atoms with Crippen LogP contribution in [0.1, 0.15) is 31.4 Å². The zero-order valence-corrected chi connectivity index (χ0v) is 12.7. The molecule has 1 aromatic carbocycles. The molecule has 0 aliphatic heterocycles. The summed E-state index contributed by atoms with van der Waals surface area (Å²) in [7, 11) is 0. The van der Waals surface area contributed by atoms with E-state index in [-0.39, 0.29) is 5.92 Å². The van der Waals surface area contributed by atoms with Crippen molar-refractivity contribution in [2.45, 2.75) is 38.6 Å². The van der Waals surface area contributed by atoms with Crippen LogP contribution in [0.2, 0.25) is 0 Å². The number of aryl methyl sites for hydroxylation is 1. The quantitative estimate of drug-likeness (QED) is 0.909. The number of carboxylic acid groups (broad SMARTS) is 1. The first-order chi connectivity index (χ1) is 10.6. The van der Waals surface area contributed by atoms with Crippen LogP contribution < -0.4 is 5.32 Å². The maximum Gasteiger partial charge on any atom is 0.306 e. The molecular formula is C17H21N3O2. The minimum atomic E-state index is -0.661. The zero-order chi connectivity index (χ0) is 15.5. The Morgan fingerprint density at radius 2 is 1.91 bits per heavy atom. The molecule has 0 unspecified atom stereocenters. The van der Waals surface area contributed by atoms with Crippen LogP contribution >= 0.6 is 0 Å². The third kappa shape index (κ3) is 3.13. The molecular weight excluding hydrogens is 278 g/mol. The van der Waals surface area contributed by atoms with E-state index in [2.05, 4.69) is 10.4 Å². The van der Waals surface area contributed by atoms with Crippen molar-refractivity contribution in [3.8, 4) is 5.69 Å². The third-order valence-electron chi connectivity index (χ3n) is 4.36. The molecule has 5 heteroatoms. The van der Waals surface area contributed by atoms with Crippen molar-refractivity contribution in [1.29, 1.82) is 0 Å². The lowest BCUT2D eigenvalue weighted by Crippen LogP contribution is -2.29. The van der Waals surface area contributed by atoms with E-state index in [1.165, 1.54) is 0 Å². The smallest absolute Gasteiger partial charge is 0.306 e. The maximum absolute atomic E-state index is 11.0. The van der Waals surface area contributed by atoms with Crippen LogP contribution in [0.3, 0.4) is 0 Å². The Morgan fingerprint density at radius 3 is 2.55 bits per heavy atom. The van der Waals surface area contributed by atoms with Crippen LogP contribution in [-0.2, 0) is 4.79 Å². The number of anilines is 1. The molecule has 2 aromatic rings. The van der Waals surface area contributed by atoms with E-state index in [0.29, 0.717) is 6.04 Å². The molecule has 1 heterocycles. The summed E-state index contributed by atoms with van der Waals surface area (Å²) in [4.78, 5) is 11.0. The zero-order valence-electron chi connectivity index (χ0n) is 12.7. The molecule has 22 heavy (non-hydrogen) atoms. The summed E-state index contributed by atoms with van der Waals surface area (Å²) in [6.07, 6.45) is 5.30. The second-order valence-corrected chi connectivity index (χ2v) is 5.94. The number of nitrogens with zero attached hydrogens (tertiary/aromatic N) is 2. The third-order valence-corrected chi connectivity index (χ3v) is 4.36. The van der Waals surface area contributed by atoms with E-state index in [1.54, 1.807) is 0 Å². The van der Waals surface area contributed by atoms with E-state index in [4.69, 9.17) is 5.11 Å². The molecule has 1 aliphatic rings. The highest BCUT2D eigenvalue weighted by Gasteiger charge is 2.26. The first-order valence-corrected chi connectivity index (χ1v) is 7.74. The van der Waals surface area contributed by atoms with Gasteiger partial charge in [0.05, 0.1) is 29.2 Å². The van der Waals surface area contributed by atoms with Gasteiger partial charge in [0.1, 0.15) is 0 Å². The van der Waals surface area contributed by atoms with E-state index >= 15 is 0 Å². The number of aliphatic carboxylic acids is 1. The van der Waals surface area contributed by atoms with Crippen molar-refractivity contribution in [2.75, 3.05) is 5.32 Å². The Balaban J connectivity index is 1.67. The SMILES string of the molecule is Cc1nn(-c2ccccc2)cc1NC1CCC(C(=O)O)CC1. The van der Waals surface area contributed by atoms with Crippen LogP contribution in [0.5, 0.6) is 0 Å². The molecule has 116 valence electrons. The van der Waals surface area contributed by atoms with Crippen molar-refractivity contribution in [2.24, 2.45) is 5.92 Å². The predicted octanol–water partition coefficient (Wildman–Crippen LogP) is 3.24. The minimum Gasteiger partial charge on any atom is -0.481 e. The summed E-state index contributed by atoms with van der Waals surface area (Å²) in [5.74, 6) is -0.835. The number of aromatic nitrogens is 2. The van der Waals surface area contributed by atoms with Gasteiger partial charge in [-0.2, -0.15) is 5.10 Å². The summed E-state index contributed by atoms with van der Waals surface area (Å²) >= 11 is 0. The Hall–Kier alpha value is -2.30. The van der Waals surface area contributed by atoms with Gasteiger partial charge in [0.15, 0.2) is 0 Å². The molecule has 1 fully saturated rings. The number of carbonyl (C=O) groups is 1. The second-order valence-electron chi connectivity index (χ2n) is 5.94. The van der Waals surface area contributed by atoms with Crippen molar-refractivity contribution < 1.29 is 9.90 Å². The summed E-state index contributed by atoms with van der Waals surface area (Å²) in [6, 6.07) is 10.4. The number of nitrogens with one attached hydrogen (secondary N) is 1. The Labute approximate surface area is 130 Å².